The SMILES string of the molecule is COC(=O)c1c(NC(=S)Nc2ccc(S(=O)(=O)Nc3cc(Cl)cc(Cl)c3)cc2)sc2c1CCC2. The van der Waals surface area contributed by atoms with E-state index >= 15 is 0 Å². The van der Waals surface area contributed by atoms with E-state index in [-0.39, 0.29) is 15.7 Å². The molecule has 0 atom stereocenters. The molecule has 0 amide bonds. The molecule has 34 heavy (non-hydrogen) atoms. The van der Waals surface area contributed by atoms with Crippen LogP contribution in [0.15, 0.2) is 47.4 Å². The molecule has 0 radical (unpaired) electrons. The van der Waals surface area contributed by atoms with Crippen molar-refractivity contribution >= 4 is 84.2 Å². The van der Waals surface area contributed by atoms with E-state index in [1.165, 1.54) is 48.8 Å². The zero-order chi connectivity index (χ0) is 24.5. The number of esters is 1. The van der Waals surface area contributed by atoms with Crippen LogP contribution in [0.4, 0.5) is 16.4 Å². The largest absolute Gasteiger partial charge is 0.465 e. The summed E-state index contributed by atoms with van der Waals surface area (Å²) in [5, 5.41) is 7.62. The lowest BCUT2D eigenvalue weighted by Gasteiger charge is -2.12. The Morgan fingerprint density at radius 3 is 2.35 bits per heavy atom. The van der Waals surface area contributed by atoms with Gasteiger partial charge in [0, 0.05) is 20.6 Å². The van der Waals surface area contributed by atoms with Crippen molar-refractivity contribution in [2.75, 3.05) is 22.5 Å². The Labute approximate surface area is 216 Å². The summed E-state index contributed by atoms with van der Waals surface area (Å²) in [5.41, 5.74) is 2.38. The number of fused-ring (bicyclic) bond motifs is 1. The lowest BCUT2D eigenvalue weighted by atomic mass is 10.1. The maximum Gasteiger partial charge on any atom is 0.341 e. The van der Waals surface area contributed by atoms with Crippen LogP contribution in [0.2, 0.25) is 10.0 Å². The first-order valence-electron chi connectivity index (χ1n) is 10.1. The monoisotopic (exact) mass is 555 g/mol. The molecule has 0 unspecified atom stereocenters. The van der Waals surface area contributed by atoms with Crippen molar-refractivity contribution in [1.29, 1.82) is 0 Å². The first kappa shape index (κ1) is 24.7. The Hall–Kier alpha value is -2.37. The minimum Gasteiger partial charge on any atom is -0.465 e. The molecule has 3 aromatic rings. The topological polar surface area (TPSA) is 96.5 Å². The highest BCUT2D eigenvalue weighted by atomic mass is 35.5. The van der Waals surface area contributed by atoms with E-state index in [4.69, 9.17) is 40.2 Å². The molecule has 4 rings (SSSR count). The van der Waals surface area contributed by atoms with Gasteiger partial charge in [-0.15, -0.1) is 11.3 Å². The average Bonchev–Trinajstić information content (AvgIpc) is 3.33. The summed E-state index contributed by atoms with van der Waals surface area (Å²) in [6, 6.07) is 10.5. The van der Waals surface area contributed by atoms with Crippen molar-refractivity contribution in [3.05, 3.63) is 68.5 Å². The van der Waals surface area contributed by atoms with Gasteiger partial charge in [0.25, 0.3) is 10.0 Å². The van der Waals surface area contributed by atoms with Crippen LogP contribution in [0.25, 0.3) is 0 Å². The zero-order valence-electron chi connectivity index (χ0n) is 17.8. The smallest absolute Gasteiger partial charge is 0.341 e. The van der Waals surface area contributed by atoms with Gasteiger partial charge in [-0.1, -0.05) is 23.2 Å². The van der Waals surface area contributed by atoms with E-state index in [0.717, 1.165) is 29.7 Å². The maximum atomic E-state index is 12.7. The van der Waals surface area contributed by atoms with E-state index in [1.54, 1.807) is 12.1 Å². The van der Waals surface area contributed by atoms with Crippen LogP contribution < -0.4 is 15.4 Å². The van der Waals surface area contributed by atoms with E-state index in [1.807, 2.05) is 0 Å². The number of benzene rings is 2. The van der Waals surface area contributed by atoms with Gasteiger partial charge in [0.15, 0.2) is 5.11 Å². The second-order valence-electron chi connectivity index (χ2n) is 7.42. The number of hydrogen-bond donors (Lipinski definition) is 3. The number of methoxy groups -OCH3 is 1. The van der Waals surface area contributed by atoms with Gasteiger partial charge < -0.3 is 15.4 Å². The molecule has 178 valence electrons. The van der Waals surface area contributed by atoms with Crippen LogP contribution in [-0.2, 0) is 27.6 Å². The number of rotatable bonds is 6. The molecule has 1 aliphatic carbocycles. The highest BCUT2D eigenvalue weighted by Crippen LogP contribution is 2.39. The molecule has 0 spiro atoms. The molecule has 0 bridgehead atoms. The molecule has 1 aromatic heterocycles. The molecule has 7 nitrogen and oxygen atoms in total. The molecule has 1 heterocycles. The van der Waals surface area contributed by atoms with Crippen LogP contribution in [-0.4, -0.2) is 26.6 Å². The summed E-state index contributed by atoms with van der Waals surface area (Å²) in [7, 11) is -2.50. The van der Waals surface area contributed by atoms with Gasteiger partial charge in [0.05, 0.1) is 23.3 Å². The quantitative estimate of drug-likeness (QED) is 0.256. The van der Waals surface area contributed by atoms with Crippen molar-refractivity contribution in [1.82, 2.24) is 0 Å². The van der Waals surface area contributed by atoms with Crippen molar-refractivity contribution in [3.63, 3.8) is 0 Å². The molecule has 1 aliphatic rings. The first-order valence-corrected chi connectivity index (χ1v) is 13.5. The predicted molar refractivity (Wildman–Crippen MR) is 141 cm³/mol. The third-order valence-corrected chi connectivity index (χ3v) is 8.32. The Morgan fingerprint density at radius 2 is 1.71 bits per heavy atom. The van der Waals surface area contributed by atoms with Crippen molar-refractivity contribution < 1.29 is 17.9 Å². The standard InChI is InChI=1S/C22H19Cl2N3O4S3/c1-31-21(28)19-17-3-2-4-18(17)33-20(19)26-22(32)25-14-5-7-16(8-6-14)34(29,30)27-15-10-12(23)9-13(24)11-15/h5-11,27H,2-4H2,1H3,(H2,25,26,32). The van der Waals surface area contributed by atoms with Crippen LogP contribution in [0, 0.1) is 0 Å². The Bertz CT molecular complexity index is 1350. The van der Waals surface area contributed by atoms with Gasteiger partial charge in [-0.2, -0.15) is 0 Å². The fourth-order valence-electron chi connectivity index (χ4n) is 3.62. The van der Waals surface area contributed by atoms with Crippen LogP contribution in [0.5, 0.6) is 0 Å². The maximum absolute atomic E-state index is 12.7. The lowest BCUT2D eigenvalue weighted by molar-refractivity contribution is 0.0601. The van der Waals surface area contributed by atoms with Crippen molar-refractivity contribution in [2.45, 2.75) is 24.2 Å². The number of hydrogen-bond acceptors (Lipinski definition) is 6. The summed E-state index contributed by atoms with van der Waals surface area (Å²) in [6.07, 6.45) is 2.78. The fourth-order valence-corrected chi connectivity index (χ4v) is 6.75. The third-order valence-electron chi connectivity index (χ3n) is 5.08. The molecular weight excluding hydrogens is 537 g/mol. The van der Waals surface area contributed by atoms with Crippen molar-refractivity contribution in [2.24, 2.45) is 0 Å². The van der Waals surface area contributed by atoms with Gasteiger partial charge in [0.2, 0.25) is 0 Å². The van der Waals surface area contributed by atoms with Crippen LogP contribution in [0.3, 0.4) is 0 Å². The molecule has 2 aromatic carbocycles. The molecule has 3 N–H and O–H groups in total. The van der Waals surface area contributed by atoms with E-state index in [9.17, 15) is 13.2 Å². The van der Waals surface area contributed by atoms with E-state index < -0.39 is 16.0 Å². The first-order chi connectivity index (χ1) is 16.2. The van der Waals surface area contributed by atoms with Gasteiger partial charge in [-0.25, -0.2) is 13.2 Å². The second-order valence-corrected chi connectivity index (χ2v) is 11.5. The molecule has 12 heteroatoms. The number of sulfonamides is 1. The molecule has 0 fully saturated rings. The molecule has 0 aliphatic heterocycles. The molecule has 0 saturated carbocycles. The number of nitrogens with one attached hydrogen (secondary N) is 3. The summed E-state index contributed by atoms with van der Waals surface area (Å²) < 4.78 is 32.8. The number of carbonyl (C=O) groups excluding carboxylic acids is 1. The van der Waals surface area contributed by atoms with Gasteiger partial charge >= 0.3 is 5.97 Å². The fraction of sp³-hybridized carbons (Fsp3) is 0.182. The third kappa shape index (κ3) is 5.47. The Balaban J connectivity index is 1.45. The van der Waals surface area contributed by atoms with Crippen LogP contribution in [0.1, 0.15) is 27.2 Å². The summed E-state index contributed by atoms with van der Waals surface area (Å²) in [6.45, 7) is 0. The molecular formula is C22H19Cl2N3O4S3. The minimum atomic E-state index is -3.85. The number of thiophene rings is 1. The zero-order valence-corrected chi connectivity index (χ0v) is 21.7. The average molecular weight is 557 g/mol. The van der Waals surface area contributed by atoms with Gasteiger partial charge in [-0.05, 0) is 79.5 Å². The molecule has 0 saturated heterocycles. The van der Waals surface area contributed by atoms with Crippen molar-refractivity contribution in [3.8, 4) is 0 Å². The lowest BCUT2D eigenvalue weighted by Crippen LogP contribution is -2.20. The highest BCUT2D eigenvalue weighted by Gasteiger charge is 2.27. The predicted octanol–water partition coefficient (Wildman–Crippen LogP) is 5.94. The Kier molecular flexibility index (Phi) is 7.34. The minimum absolute atomic E-state index is 0.0516. The summed E-state index contributed by atoms with van der Waals surface area (Å²) >= 11 is 18.8. The number of ether oxygens (including phenoxy) is 1. The highest BCUT2D eigenvalue weighted by molar-refractivity contribution is 7.92. The van der Waals surface area contributed by atoms with Gasteiger partial charge in [0.1, 0.15) is 5.00 Å². The number of thiocarbonyl (C=S) groups is 1. The van der Waals surface area contributed by atoms with Crippen LogP contribution >= 0.6 is 46.8 Å². The number of aryl methyl sites for hydroxylation is 1. The number of anilines is 3. The summed E-state index contributed by atoms with van der Waals surface area (Å²) in [5.74, 6) is -0.396. The van der Waals surface area contributed by atoms with E-state index in [2.05, 4.69) is 15.4 Å². The van der Waals surface area contributed by atoms with Gasteiger partial charge in [-0.3, -0.25) is 4.72 Å². The number of halogens is 2. The summed E-state index contributed by atoms with van der Waals surface area (Å²) in [4.78, 5) is 13.5. The normalized spacial score (nSPS) is 12.7. The second kappa shape index (κ2) is 10.1. The number of carbonyl (C=O) groups is 1. The van der Waals surface area contributed by atoms with E-state index in [0.29, 0.717) is 26.3 Å². The Morgan fingerprint density at radius 1 is 1.03 bits per heavy atom.